The molecule has 0 aliphatic carbocycles. The second-order valence-corrected chi connectivity index (χ2v) is 2.91. The summed E-state index contributed by atoms with van der Waals surface area (Å²) in [5, 5.41) is 2.97. The Morgan fingerprint density at radius 1 is 1.43 bits per heavy atom. The predicted octanol–water partition coefficient (Wildman–Crippen LogP) is 0.919. The Hall–Kier alpha value is -1.91. The Bertz CT molecular complexity index is 434. The number of hydrogen-bond acceptors (Lipinski definition) is 4. The van der Waals surface area contributed by atoms with Crippen molar-refractivity contribution in [2.45, 2.75) is 0 Å². The van der Waals surface area contributed by atoms with Gasteiger partial charge in [-0.1, -0.05) is 0 Å². The SMILES string of the molecule is CNc1ccnc(-c2cncn2C)n1. The fourth-order valence-corrected chi connectivity index (χ4v) is 1.19. The molecule has 2 heterocycles. The minimum atomic E-state index is 0.678. The molecule has 0 amide bonds. The molecule has 14 heavy (non-hydrogen) atoms. The summed E-state index contributed by atoms with van der Waals surface area (Å²) in [4.78, 5) is 12.5. The number of nitrogens with one attached hydrogen (secondary N) is 1. The molecule has 0 spiro atoms. The van der Waals surface area contributed by atoms with E-state index in [2.05, 4.69) is 20.3 Å². The fourth-order valence-electron chi connectivity index (χ4n) is 1.19. The van der Waals surface area contributed by atoms with Gasteiger partial charge in [0.15, 0.2) is 5.82 Å². The second kappa shape index (κ2) is 3.45. The van der Waals surface area contributed by atoms with E-state index in [4.69, 9.17) is 0 Å². The largest absolute Gasteiger partial charge is 0.373 e. The van der Waals surface area contributed by atoms with Crippen LogP contribution in [0.5, 0.6) is 0 Å². The van der Waals surface area contributed by atoms with Gasteiger partial charge in [0.25, 0.3) is 0 Å². The highest BCUT2D eigenvalue weighted by atomic mass is 15.1. The molecule has 0 saturated heterocycles. The van der Waals surface area contributed by atoms with E-state index in [1.54, 1.807) is 18.7 Å². The van der Waals surface area contributed by atoms with Gasteiger partial charge in [-0.3, -0.25) is 0 Å². The summed E-state index contributed by atoms with van der Waals surface area (Å²) in [5.41, 5.74) is 0.905. The number of aryl methyl sites for hydroxylation is 1. The van der Waals surface area contributed by atoms with Crippen LogP contribution in [-0.2, 0) is 7.05 Å². The van der Waals surface area contributed by atoms with Gasteiger partial charge in [-0.25, -0.2) is 15.0 Å². The molecule has 2 rings (SSSR count). The first kappa shape index (κ1) is 8.68. The lowest BCUT2D eigenvalue weighted by molar-refractivity contribution is 0.908. The summed E-state index contributed by atoms with van der Waals surface area (Å²) in [6.07, 6.45) is 5.20. The Labute approximate surface area is 81.8 Å². The summed E-state index contributed by atoms with van der Waals surface area (Å²) in [5.74, 6) is 1.48. The summed E-state index contributed by atoms with van der Waals surface area (Å²) >= 11 is 0. The van der Waals surface area contributed by atoms with Crippen LogP contribution in [0.25, 0.3) is 11.5 Å². The van der Waals surface area contributed by atoms with Gasteiger partial charge in [-0.2, -0.15) is 0 Å². The van der Waals surface area contributed by atoms with Crippen molar-refractivity contribution in [3.05, 3.63) is 24.8 Å². The van der Waals surface area contributed by atoms with Crippen molar-refractivity contribution in [1.82, 2.24) is 19.5 Å². The van der Waals surface area contributed by atoms with E-state index in [0.29, 0.717) is 5.82 Å². The van der Waals surface area contributed by atoms with Gasteiger partial charge in [0.1, 0.15) is 11.5 Å². The highest BCUT2D eigenvalue weighted by Crippen LogP contribution is 2.13. The molecule has 0 fully saturated rings. The zero-order chi connectivity index (χ0) is 9.97. The third-order valence-corrected chi connectivity index (χ3v) is 1.96. The van der Waals surface area contributed by atoms with Crippen molar-refractivity contribution in [3.63, 3.8) is 0 Å². The molecule has 2 aromatic heterocycles. The van der Waals surface area contributed by atoms with Gasteiger partial charge in [-0.05, 0) is 6.07 Å². The summed E-state index contributed by atoms with van der Waals surface area (Å²) < 4.78 is 1.88. The molecule has 0 bridgehead atoms. The lowest BCUT2D eigenvalue weighted by Crippen LogP contribution is -1.98. The zero-order valence-electron chi connectivity index (χ0n) is 8.10. The van der Waals surface area contributed by atoms with Crippen LogP contribution >= 0.6 is 0 Å². The average molecular weight is 189 g/mol. The van der Waals surface area contributed by atoms with Crippen molar-refractivity contribution in [3.8, 4) is 11.5 Å². The number of nitrogens with zero attached hydrogens (tertiary/aromatic N) is 4. The third-order valence-electron chi connectivity index (χ3n) is 1.96. The Morgan fingerprint density at radius 2 is 2.29 bits per heavy atom. The molecule has 0 aliphatic heterocycles. The number of hydrogen-bond donors (Lipinski definition) is 1. The molecule has 0 radical (unpaired) electrons. The van der Waals surface area contributed by atoms with Crippen molar-refractivity contribution < 1.29 is 0 Å². The van der Waals surface area contributed by atoms with Gasteiger partial charge in [0, 0.05) is 20.3 Å². The van der Waals surface area contributed by atoms with Crippen LogP contribution in [0.2, 0.25) is 0 Å². The Morgan fingerprint density at radius 3 is 2.93 bits per heavy atom. The normalized spacial score (nSPS) is 10.1. The van der Waals surface area contributed by atoms with Crippen LogP contribution < -0.4 is 5.32 Å². The summed E-state index contributed by atoms with van der Waals surface area (Å²) in [7, 11) is 3.74. The van der Waals surface area contributed by atoms with Gasteiger partial charge in [0.05, 0.1) is 12.5 Å². The fraction of sp³-hybridized carbons (Fsp3) is 0.222. The lowest BCUT2D eigenvalue weighted by Gasteiger charge is -2.02. The highest BCUT2D eigenvalue weighted by molar-refractivity contribution is 5.51. The van der Waals surface area contributed by atoms with Crippen molar-refractivity contribution in [2.24, 2.45) is 7.05 Å². The van der Waals surface area contributed by atoms with Crippen LogP contribution in [0.1, 0.15) is 0 Å². The van der Waals surface area contributed by atoms with Gasteiger partial charge >= 0.3 is 0 Å². The molecule has 0 saturated carbocycles. The first-order chi connectivity index (χ1) is 6.81. The third kappa shape index (κ3) is 1.44. The molecule has 0 atom stereocenters. The van der Waals surface area contributed by atoms with E-state index in [0.717, 1.165) is 11.5 Å². The van der Waals surface area contributed by atoms with Gasteiger partial charge in [0.2, 0.25) is 0 Å². The second-order valence-electron chi connectivity index (χ2n) is 2.91. The molecular formula is C9H11N5. The molecular weight excluding hydrogens is 178 g/mol. The average Bonchev–Trinajstić information content (AvgIpc) is 2.65. The Kier molecular flexibility index (Phi) is 2.14. The van der Waals surface area contributed by atoms with E-state index in [9.17, 15) is 0 Å². The number of imidazole rings is 1. The summed E-state index contributed by atoms with van der Waals surface area (Å²) in [6, 6.07) is 1.82. The molecule has 0 unspecified atom stereocenters. The Balaban J connectivity index is 2.47. The monoisotopic (exact) mass is 189 g/mol. The van der Waals surface area contributed by atoms with Crippen LogP contribution in [0, 0.1) is 0 Å². The number of anilines is 1. The maximum atomic E-state index is 4.31. The van der Waals surface area contributed by atoms with E-state index in [-0.39, 0.29) is 0 Å². The maximum Gasteiger partial charge on any atom is 0.179 e. The van der Waals surface area contributed by atoms with Crippen molar-refractivity contribution in [2.75, 3.05) is 12.4 Å². The van der Waals surface area contributed by atoms with Crippen molar-refractivity contribution in [1.29, 1.82) is 0 Å². The van der Waals surface area contributed by atoms with Crippen molar-refractivity contribution >= 4 is 5.82 Å². The molecule has 2 aromatic rings. The smallest absolute Gasteiger partial charge is 0.179 e. The maximum absolute atomic E-state index is 4.31. The van der Waals surface area contributed by atoms with E-state index in [1.807, 2.05) is 24.7 Å². The standard InChI is InChI=1S/C9H11N5/c1-10-8-3-4-12-9(13-8)7-5-11-6-14(7)2/h3-6H,1-2H3,(H,10,12,13). The molecule has 5 nitrogen and oxygen atoms in total. The summed E-state index contributed by atoms with van der Waals surface area (Å²) in [6.45, 7) is 0. The highest BCUT2D eigenvalue weighted by Gasteiger charge is 2.05. The van der Waals surface area contributed by atoms with Crippen LogP contribution in [0.4, 0.5) is 5.82 Å². The van der Waals surface area contributed by atoms with E-state index < -0.39 is 0 Å². The first-order valence-corrected chi connectivity index (χ1v) is 4.29. The quantitative estimate of drug-likeness (QED) is 0.763. The predicted molar refractivity (Wildman–Crippen MR) is 53.8 cm³/mol. The minimum absolute atomic E-state index is 0.678. The number of rotatable bonds is 2. The molecule has 0 aromatic carbocycles. The minimum Gasteiger partial charge on any atom is -0.373 e. The lowest BCUT2D eigenvalue weighted by atomic mass is 10.4. The van der Waals surface area contributed by atoms with Gasteiger partial charge < -0.3 is 9.88 Å². The molecule has 1 N–H and O–H groups in total. The van der Waals surface area contributed by atoms with Gasteiger partial charge in [-0.15, -0.1) is 0 Å². The van der Waals surface area contributed by atoms with Crippen LogP contribution in [0.3, 0.4) is 0 Å². The first-order valence-electron chi connectivity index (χ1n) is 4.29. The molecule has 0 aliphatic rings. The topological polar surface area (TPSA) is 55.6 Å². The van der Waals surface area contributed by atoms with Crippen LogP contribution in [-0.4, -0.2) is 26.6 Å². The van der Waals surface area contributed by atoms with E-state index >= 15 is 0 Å². The molecule has 5 heteroatoms. The number of aromatic nitrogens is 4. The zero-order valence-corrected chi connectivity index (χ0v) is 8.10. The van der Waals surface area contributed by atoms with E-state index in [1.165, 1.54) is 0 Å². The van der Waals surface area contributed by atoms with Crippen LogP contribution in [0.15, 0.2) is 24.8 Å². The molecule has 72 valence electrons.